The number of carbonyl (C=O) groups excluding carboxylic acids is 1. The van der Waals surface area contributed by atoms with Crippen molar-refractivity contribution in [3.8, 4) is 11.3 Å². The van der Waals surface area contributed by atoms with Gasteiger partial charge in [0, 0.05) is 31.7 Å². The number of rotatable bonds is 3. The molecule has 1 aliphatic heterocycles. The van der Waals surface area contributed by atoms with Gasteiger partial charge >= 0.3 is 6.03 Å². The number of urea groups is 1. The van der Waals surface area contributed by atoms with E-state index in [0.717, 1.165) is 17.1 Å². The summed E-state index contributed by atoms with van der Waals surface area (Å²) >= 11 is 5.99. The number of hydrogen-bond donors (Lipinski definition) is 1. The molecule has 1 fully saturated rings. The fourth-order valence-corrected chi connectivity index (χ4v) is 3.70. The van der Waals surface area contributed by atoms with Crippen molar-refractivity contribution in [3.05, 3.63) is 70.5 Å². The summed E-state index contributed by atoms with van der Waals surface area (Å²) in [5, 5.41) is 11.5. The van der Waals surface area contributed by atoms with Crippen LogP contribution in [0.2, 0.25) is 5.02 Å². The van der Waals surface area contributed by atoms with Gasteiger partial charge in [0.2, 0.25) is 0 Å². The molecule has 2 aromatic carbocycles. The molecule has 0 aliphatic carbocycles. The molecule has 1 saturated heterocycles. The quantitative estimate of drug-likeness (QED) is 0.630. The topological polar surface area (TPSA) is 61.4 Å². The van der Waals surface area contributed by atoms with Crippen molar-refractivity contribution >= 4 is 29.1 Å². The van der Waals surface area contributed by atoms with Crippen LogP contribution in [-0.4, -0.2) is 47.3 Å². The summed E-state index contributed by atoms with van der Waals surface area (Å²) < 4.78 is 13.9. The van der Waals surface area contributed by atoms with Crippen LogP contribution in [-0.2, 0) is 0 Å². The number of halogens is 2. The average molecular weight is 440 g/mol. The lowest BCUT2D eigenvalue weighted by Gasteiger charge is -2.35. The van der Waals surface area contributed by atoms with Crippen LogP contribution in [0.1, 0.15) is 11.1 Å². The fraction of sp³-hybridized carbons (Fsp3) is 0.261. The predicted octanol–water partition coefficient (Wildman–Crippen LogP) is 4.91. The number of aromatic nitrogens is 2. The summed E-state index contributed by atoms with van der Waals surface area (Å²) in [6.07, 6.45) is 0. The minimum atomic E-state index is -0.557. The SMILES string of the molecule is Cc1ccc(-c2ccc(N3CCN(C(=O)Nc4c(F)cccc4Cl)CC3)nn2)cc1C. The first-order valence-electron chi connectivity index (χ1n) is 10.1. The molecular formula is C23H23ClFN5O. The van der Waals surface area contributed by atoms with Gasteiger partial charge in [-0.1, -0.05) is 29.8 Å². The first-order valence-corrected chi connectivity index (χ1v) is 10.5. The van der Waals surface area contributed by atoms with E-state index in [9.17, 15) is 9.18 Å². The molecule has 0 radical (unpaired) electrons. The number of amides is 2. The van der Waals surface area contributed by atoms with Crippen molar-refractivity contribution < 1.29 is 9.18 Å². The van der Waals surface area contributed by atoms with Gasteiger partial charge in [-0.2, -0.15) is 0 Å². The molecular weight excluding hydrogens is 417 g/mol. The maximum atomic E-state index is 13.9. The summed E-state index contributed by atoms with van der Waals surface area (Å²) in [6.45, 7) is 6.35. The first-order chi connectivity index (χ1) is 14.9. The molecule has 2 heterocycles. The van der Waals surface area contributed by atoms with Crippen LogP contribution >= 0.6 is 11.6 Å². The zero-order valence-electron chi connectivity index (χ0n) is 17.4. The van der Waals surface area contributed by atoms with Gasteiger partial charge in [0.1, 0.15) is 5.82 Å². The maximum Gasteiger partial charge on any atom is 0.322 e. The Morgan fingerprint density at radius 3 is 2.42 bits per heavy atom. The van der Waals surface area contributed by atoms with Gasteiger partial charge in [0.15, 0.2) is 5.82 Å². The van der Waals surface area contributed by atoms with E-state index in [4.69, 9.17) is 11.6 Å². The Labute approximate surface area is 185 Å². The molecule has 2 amide bonds. The largest absolute Gasteiger partial charge is 0.352 e. The molecule has 31 heavy (non-hydrogen) atoms. The normalized spacial score (nSPS) is 13.9. The van der Waals surface area contributed by atoms with E-state index in [1.54, 1.807) is 11.0 Å². The number of carbonyl (C=O) groups is 1. The third-order valence-electron chi connectivity index (χ3n) is 5.54. The van der Waals surface area contributed by atoms with Crippen molar-refractivity contribution in [2.45, 2.75) is 13.8 Å². The number of para-hydroxylation sites is 1. The molecule has 0 atom stereocenters. The number of nitrogens with one attached hydrogen (secondary N) is 1. The van der Waals surface area contributed by atoms with E-state index in [-0.39, 0.29) is 16.7 Å². The Hall–Kier alpha value is -3.19. The van der Waals surface area contributed by atoms with Gasteiger partial charge in [0.25, 0.3) is 0 Å². The lowest BCUT2D eigenvalue weighted by molar-refractivity contribution is 0.208. The molecule has 3 aromatic rings. The van der Waals surface area contributed by atoms with Crippen LogP contribution in [0.5, 0.6) is 0 Å². The number of hydrogen-bond acceptors (Lipinski definition) is 4. The third-order valence-corrected chi connectivity index (χ3v) is 5.85. The zero-order valence-corrected chi connectivity index (χ0v) is 18.2. The van der Waals surface area contributed by atoms with E-state index in [2.05, 4.69) is 46.4 Å². The smallest absolute Gasteiger partial charge is 0.322 e. The van der Waals surface area contributed by atoms with E-state index in [0.29, 0.717) is 26.2 Å². The Kier molecular flexibility index (Phi) is 6.04. The summed E-state index contributed by atoms with van der Waals surface area (Å²) in [6, 6.07) is 14.1. The molecule has 0 saturated carbocycles. The molecule has 4 rings (SSSR count). The number of benzene rings is 2. The maximum absolute atomic E-state index is 13.9. The third kappa shape index (κ3) is 4.61. The number of aryl methyl sites for hydroxylation is 2. The standard InChI is InChI=1S/C23H23ClFN5O/c1-15-6-7-17(14-16(15)2)20-8-9-21(28-27-20)29-10-12-30(13-11-29)23(31)26-22-18(24)4-3-5-19(22)25/h3-9,14H,10-13H2,1-2H3,(H,26,31). The molecule has 1 aromatic heterocycles. The summed E-state index contributed by atoms with van der Waals surface area (Å²) in [7, 11) is 0. The van der Waals surface area contributed by atoms with Gasteiger partial charge in [0.05, 0.1) is 16.4 Å². The second-order valence-corrected chi connectivity index (χ2v) is 7.98. The Morgan fingerprint density at radius 1 is 1.00 bits per heavy atom. The molecule has 6 nitrogen and oxygen atoms in total. The highest BCUT2D eigenvalue weighted by Gasteiger charge is 2.23. The summed E-state index contributed by atoms with van der Waals surface area (Å²) in [5.41, 5.74) is 4.33. The van der Waals surface area contributed by atoms with Gasteiger partial charge in [-0.3, -0.25) is 0 Å². The first kappa shape index (κ1) is 21.1. The van der Waals surface area contributed by atoms with E-state index >= 15 is 0 Å². The van der Waals surface area contributed by atoms with Crippen LogP contribution in [0.3, 0.4) is 0 Å². The van der Waals surface area contributed by atoms with Gasteiger partial charge < -0.3 is 15.1 Å². The van der Waals surface area contributed by atoms with Crippen LogP contribution in [0.15, 0.2) is 48.5 Å². The molecule has 0 unspecified atom stereocenters. The Morgan fingerprint density at radius 2 is 1.77 bits per heavy atom. The molecule has 1 aliphatic rings. The Balaban J connectivity index is 1.37. The van der Waals surface area contributed by atoms with Crippen LogP contribution in [0.25, 0.3) is 11.3 Å². The van der Waals surface area contributed by atoms with Crippen LogP contribution < -0.4 is 10.2 Å². The van der Waals surface area contributed by atoms with E-state index in [1.807, 2.05) is 18.2 Å². The van der Waals surface area contributed by atoms with Gasteiger partial charge in [-0.05, 0) is 55.3 Å². The van der Waals surface area contributed by atoms with Crippen molar-refractivity contribution in [1.29, 1.82) is 0 Å². The second-order valence-electron chi connectivity index (χ2n) is 7.58. The van der Waals surface area contributed by atoms with E-state index < -0.39 is 5.82 Å². The predicted molar refractivity (Wildman–Crippen MR) is 121 cm³/mol. The summed E-state index contributed by atoms with van der Waals surface area (Å²) in [4.78, 5) is 16.2. The molecule has 0 bridgehead atoms. The molecule has 160 valence electrons. The highest BCUT2D eigenvalue weighted by molar-refractivity contribution is 6.33. The second kappa shape index (κ2) is 8.89. The summed E-state index contributed by atoms with van der Waals surface area (Å²) in [5.74, 6) is 0.211. The van der Waals surface area contributed by atoms with Crippen molar-refractivity contribution in [1.82, 2.24) is 15.1 Å². The fourth-order valence-electron chi connectivity index (χ4n) is 3.49. The van der Waals surface area contributed by atoms with Crippen LogP contribution in [0, 0.1) is 19.7 Å². The van der Waals surface area contributed by atoms with Gasteiger partial charge in [-0.15, -0.1) is 10.2 Å². The Bertz CT molecular complexity index is 1080. The molecule has 1 N–H and O–H groups in total. The van der Waals surface area contributed by atoms with Crippen molar-refractivity contribution in [3.63, 3.8) is 0 Å². The zero-order chi connectivity index (χ0) is 22.0. The highest BCUT2D eigenvalue weighted by atomic mass is 35.5. The number of nitrogens with zero attached hydrogens (tertiary/aromatic N) is 4. The number of piperazine rings is 1. The minimum Gasteiger partial charge on any atom is -0.352 e. The molecule has 8 heteroatoms. The lowest BCUT2D eigenvalue weighted by Crippen LogP contribution is -2.50. The minimum absolute atomic E-state index is 0.00407. The van der Waals surface area contributed by atoms with Crippen molar-refractivity contribution in [2.75, 3.05) is 36.4 Å². The average Bonchev–Trinajstić information content (AvgIpc) is 2.78. The number of anilines is 2. The van der Waals surface area contributed by atoms with E-state index in [1.165, 1.54) is 23.3 Å². The monoisotopic (exact) mass is 439 g/mol. The molecule has 0 spiro atoms. The lowest BCUT2D eigenvalue weighted by atomic mass is 10.0. The highest BCUT2D eigenvalue weighted by Crippen LogP contribution is 2.25. The van der Waals surface area contributed by atoms with Crippen molar-refractivity contribution in [2.24, 2.45) is 0 Å². The van der Waals surface area contributed by atoms with Crippen LogP contribution in [0.4, 0.5) is 20.7 Å². The van der Waals surface area contributed by atoms with Gasteiger partial charge in [-0.25, -0.2) is 9.18 Å².